The average Bonchev–Trinajstić information content (AvgIpc) is 3.49. The second kappa shape index (κ2) is 8.16. The summed E-state index contributed by atoms with van der Waals surface area (Å²) in [5, 5.41) is 11.6. The van der Waals surface area contributed by atoms with E-state index in [2.05, 4.69) is 28.2 Å². The molecule has 0 unspecified atom stereocenters. The van der Waals surface area contributed by atoms with Gasteiger partial charge in [-0.25, -0.2) is 4.98 Å². The van der Waals surface area contributed by atoms with Gasteiger partial charge in [0.2, 0.25) is 0 Å². The first-order valence-corrected chi connectivity index (χ1v) is 11.6. The molecule has 7 nitrogen and oxygen atoms in total. The SMILES string of the molecule is Cc1ccccc1-c1nnc(SCc2cc(=O)n3c(C)csc3n2)n1Cc1ccco1. The Balaban J connectivity index is 1.49. The summed E-state index contributed by atoms with van der Waals surface area (Å²) in [4.78, 5) is 17.8. The van der Waals surface area contributed by atoms with Gasteiger partial charge in [-0.1, -0.05) is 36.0 Å². The molecule has 0 radical (unpaired) electrons. The number of aromatic nitrogens is 5. The summed E-state index contributed by atoms with van der Waals surface area (Å²) in [6.07, 6.45) is 1.66. The van der Waals surface area contributed by atoms with Gasteiger partial charge in [0, 0.05) is 28.5 Å². The number of rotatable bonds is 6. The molecule has 0 bridgehead atoms. The van der Waals surface area contributed by atoms with Gasteiger partial charge in [-0.2, -0.15) is 0 Å². The lowest BCUT2D eigenvalue weighted by atomic mass is 10.1. The van der Waals surface area contributed by atoms with Gasteiger partial charge in [0.1, 0.15) is 5.76 Å². The van der Waals surface area contributed by atoms with Crippen molar-refractivity contribution in [3.05, 3.63) is 87.2 Å². The van der Waals surface area contributed by atoms with E-state index in [4.69, 9.17) is 4.42 Å². The van der Waals surface area contributed by atoms with Crippen molar-refractivity contribution in [2.75, 3.05) is 0 Å². The van der Waals surface area contributed by atoms with E-state index in [1.807, 2.05) is 47.2 Å². The highest BCUT2D eigenvalue weighted by Gasteiger charge is 2.18. The van der Waals surface area contributed by atoms with E-state index in [0.29, 0.717) is 17.3 Å². The summed E-state index contributed by atoms with van der Waals surface area (Å²) in [5.74, 6) is 2.13. The Hall–Kier alpha value is -3.17. The van der Waals surface area contributed by atoms with Gasteiger partial charge in [0.05, 0.1) is 18.5 Å². The zero-order valence-electron chi connectivity index (χ0n) is 17.0. The van der Waals surface area contributed by atoms with Crippen LogP contribution in [-0.4, -0.2) is 24.1 Å². The topological polar surface area (TPSA) is 78.2 Å². The molecule has 0 saturated heterocycles. The molecule has 1 aromatic carbocycles. The van der Waals surface area contributed by atoms with Crippen molar-refractivity contribution in [3.8, 4) is 11.4 Å². The Kier molecular flexibility index (Phi) is 5.21. The van der Waals surface area contributed by atoms with E-state index in [9.17, 15) is 4.79 Å². The van der Waals surface area contributed by atoms with Crippen molar-refractivity contribution in [2.24, 2.45) is 0 Å². The minimum Gasteiger partial charge on any atom is -0.467 e. The lowest BCUT2D eigenvalue weighted by molar-refractivity contribution is 0.485. The molecule has 0 aliphatic rings. The number of thiazole rings is 1. The summed E-state index contributed by atoms with van der Waals surface area (Å²) in [7, 11) is 0. The molecular weight excluding hydrogens is 430 g/mol. The Morgan fingerprint density at radius 3 is 2.81 bits per heavy atom. The summed E-state index contributed by atoms with van der Waals surface area (Å²) in [6.45, 7) is 4.49. The first-order chi connectivity index (χ1) is 15.1. The zero-order valence-corrected chi connectivity index (χ0v) is 18.6. The number of fused-ring (bicyclic) bond motifs is 1. The Bertz CT molecular complexity index is 1420. The Morgan fingerprint density at radius 2 is 2.00 bits per heavy atom. The number of furan rings is 1. The minimum absolute atomic E-state index is 0.0583. The zero-order chi connectivity index (χ0) is 21.4. The number of hydrogen-bond acceptors (Lipinski definition) is 7. The maximum Gasteiger partial charge on any atom is 0.258 e. The molecule has 9 heteroatoms. The fourth-order valence-corrected chi connectivity index (χ4v) is 5.15. The van der Waals surface area contributed by atoms with E-state index < -0.39 is 0 Å². The molecule has 0 saturated carbocycles. The minimum atomic E-state index is -0.0583. The quantitative estimate of drug-likeness (QED) is 0.354. The maximum atomic E-state index is 12.5. The molecule has 156 valence electrons. The maximum absolute atomic E-state index is 12.5. The number of aryl methyl sites for hydroxylation is 2. The van der Waals surface area contributed by atoms with Gasteiger partial charge in [-0.3, -0.25) is 13.8 Å². The van der Waals surface area contributed by atoms with Crippen LogP contribution in [0.3, 0.4) is 0 Å². The molecule has 31 heavy (non-hydrogen) atoms. The number of nitrogens with zero attached hydrogens (tertiary/aromatic N) is 5. The normalized spacial score (nSPS) is 11.4. The van der Waals surface area contributed by atoms with Crippen LogP contribution in [0, 0.1) is 13.8 Å². The molecule has 5 rings (SSSR count). The van der Waals surface area contributed by atoms with E-state index in [1.54, 1.807) is 16.7 Å². The molecule has 0 aliphatic heterocycles. The summed E-state index contributed by atoms with van der Waals surface area (Å²) in [5.41, 5.74) is 3.72. The van der Waals surface area contributed by atoms with Gasteiger partial charge < -0.3 is 4.42 Å². The molecule has 0 spiro atoms. The molecule has 0 fully saturated rings. The highest BCUT2D eigenvalue weighted by Crippen LogP contribution is 2.29. The van der Waals surface area contributed by atoms with Crippen LogP contribution in [0.5, 0.6) is 0 Å². The molecule has 0 amide bonds. The highest BCUT2D eigenvalue weighted by atomic mass is 32.2. The highest BCUT2D eigenvalue weighted by molar-refractivity contribution is 7.98. The molecule has 0 atom stereocenters. The van der Waals surface area contributed by atoms with Crippen LogP contribution >= 0.6 is 23.1 Å². The van der Waals surface area contributed by atoms with Gasteiger partial charge in [0.25, 0.3) is 5.56 Å². The van der Waals surface area contributed by atoms with Crippen LogP contribution in [0.4, 0.5) is 0 Å². The molecule has 4 aromatic heterocycles. The second-order valence-corrected chi connectivity index (χ2v) is 8.94. The summed E-state index contributed by atoms with van der Waals surface area (Å²) in [6, 6.07) is 13.5. The fraction of sp³-hybridized carbons (Fsp3) is 0.182. The fourth-order valence-electron chi connectivity index (χ4n) is 3.43. The smallest absolute Gasteiger partial charge is 0.258 e. The predicted molar refractivity (Wildman–Crippen MR) is 122 cm³/mol. The van der Waals surface area contributed by atoms with E-state index in [-0.39, 0.29) is 5.56 Å². The van der Waals surface area contributed by atoms with Crippen molar-refractivity contribution >= 4 is 28.1 Å². The lowest BCUT2D eigenvalue weighted by Gasteiger charge is -2.10. The van der Waals surface area contributed by atoms with Crippen molar-refractivity contribution < 1.29 is 4.42 Å². The van der Waals surface area contributed by atoms with E-state index in [0.717, 1.165) is 39.3 Å². The molecule has 5 aromatic rings. The largest absolute Gasteiger partial charge is 0.467 e. The van der Waals surface area contributed by atoms with E-state index in [1.165, 1.54) is 23.1 Å². The second-order valence-electron chi connectivity index (χ2n) is 7.16. The summed E-state index contributed by atoms with van der Waals surface area (Å²) < 4.78 is 9.25. The van der Waals surface area contributed by atoms with Crippen molar-refractivity contribution in [3.63, 3.8) is 0 Å². The third-order valence-electron chi connectivity index (χ3n) is 4.97. The third-order valence-corrected chi connectivity index (χ3v) is 6.92. The van der Waals surface area contributed by atoms with Crippen LogP contribution in [0.1, 0.15) is 22.7 Å². The monoisotopic (exact) mass is 449 g/mol. The Labute approximate surface area is 186 Å². The van der Waals surface area contributed by atoms with Gasteiger partial charge in [-0.05, 0) is 31.5 Å². The summed E-state index contributed by atoms with van der Waals surface area (Å²) >= 11 is 2.98. The standard InChI is InChI=1S/C22H19N5O2S2/c1-14-6-3-4-8-18(14)20-24-25-22(26(20)11-17-7-5-9-29-17)31-13-16-10-19(28)27-15(2)12-30-21(27)23-16/h3-10,12H,11,13H2,1-2H3. The molecule has 0 N–H and O–H groups in total. The number of hydrogen-bond donors (Lipinski definition) is 0. The average molecular weight is 450 g/mol. The number of thioether (sulfide) groups is 1. The Morgan fingerprint density at radius 1 is 1.13 bits per heavy atom. The van der Waals surface area contributed by atoms with Crippen LogP contribution in [0.25, 0.3) is 16.3 Å². The van der Waals surface area contributed by atoms with Crippen LogP contribution < -0.4 is 5.56 Å². The van der Waals surface area contributed by atoms with Gasteiger partial charge in [0.15, 0.2) is 15.9 Å². The van der Waals surface area contributed by atoms with Crippen molar-refractivity contribution in [2.45, 2.75) is 31.3 Å². The first kappa shape index (κ1) is 19.8. The molecule has 0 aliphatic carbocycles. The van der Waals surface area contributed by atoms with Crippen LogP contribution in [-0.2, 0) is 12.3 Å². The van der Waals surface area contributed by atoms with Gasteiger partial charge in [-0.15, -0.1) is 21.5 Å². The number of benzene rings is 1. The predicted octanol–water partition coefficient (Wildman–Crippen LogP) is 4.56. The lowest BCUT2D eigenvalue weighted by Crippen LogP contribution is -2.14. The van der Waals surface area contributed by atoms with E-state index >= 15 is 0 Å². The third kappa shape index (κ3) is 3.82. The first-order valence-electron chi connectivity index (χ1n) is 9.71. The molecule has 4 heterocycles. The molecular formula is C22H19N5O2S2. The van der Waals surface area contributed by atoms with Crippen LogP contribution in [0.2, 0.25) is 0 Å². The van der Waals surface area contributed by atoms with Crippen molar-refractivity contribution in [1.29, 1.82) is 0 Å². The van der Waals surface area contributed by atoms with Crippen molar-refractivity contribution in [1.82, 2.24) is 24.1 Å². The van der Waals surface area contributed by atoms with Crippen LogP contribution in [0.15, 0.2) is 68.5 Å². The van der Waals surface area contributed by atoms with Gasteiger partial charge >= 0.3 is 0 Å².